The molecule has 0 amide bonds. The van der Waals surface area contributed by atoms with Crippen LogP contribution in [-0.2, 0) is 11.3 Å². The Morgan fingerprint density at radius 2 is 2.08 bits per heavy atom. The van der Waals surface area contributed by atoms with E-state index in [1.54, 1.807) is 4.52 Å². The predicted octanol–water partition coefficient (Wildman–Crippen LogP) is 3.48. The van der Waals surface area contributed by atoms with E-state index >= 15 is 0 Å². The quantitative estimate of drug-likeness (QED) is 0.711. The van der Waals surface area contributed by atoms with Crippen LogP contribution in [-0.4, -0.2) is 33.9 Å². The van der Waals surface area contributed by atoms with Crippen molar-refractivity contribution in [2.75, 3.05) is 18.5 Å². The number of rotatable bonds is 4. The standard InChI is InChI=1S/C18H19Cl2N5O/c19-16-12(13-10-26-7-6-14(13)21)8-15-17(23-18(20)24-25(15)16)22-9-11-4-2-1-3-5-11/h1-5,8,13-14H,6-7,9-10,21H2,(H,22,23,24)/t13-,14+/m1/s1. The first-order valence-corrected chi connectivity index (χ1v) is 9.25. The molecule has 0 aliphatic carbocycles. The number of fused-ring (bicyclic) bond motifs is 1. The van der Waals surface area contributed by atoms with Crippen LogP contribution in [0.15, 0.2) is 36.4 Å². The molecule has 4 rings (SSSR count). The maximum atomic E-state index is 6.59. The molecule has 3 aromatic rings. The van der Waals surface area contributed by atoms with Crippen molar-refractivity contribution < 1.29 is 4.74 Å². The molecule has 0 spiro atoms. The van der Waals surface area contributed by atoms with Gasteiger partial charge in [-0.05, 0) is 35.2 Å². The van der Waals surface area contributed by atoms with Gasteiger partial charge in [-0.2, -0.15) is 4.98 Å². The zero-order valence-corrected chi connectivity index (χ0v) is 15.5. The summed E-state index contributed by atoms with van der Waals surface area (Å²) < 4.78 is 7.20. The van der Waals surface area contributed by atoms with Gasteiger partial charge in [0.1, 0.15) is 10.7 Å². The van der Waals surface area contributed by atoms with Crippen molar-refractivity contribution in [3.8, 4) is 0 Å². The van der Waals surface area contributed by atoms with Crippen molar-refractivity contribution in [3.05, 3.63) is 58.0 Å². The highest BCUT2D eigenvalue weighted by atomic mass is 35.5. The van der Waals surface area contributed by atoms with Crippen molar-refractivity contribution in [1.29, 1.82) is 0 Å². The van der Waals surface area contributed by atoms with Gasteiger partial charge < -0.3 is 15.8 Å². The van der Waals surface area contributed by atoms with E-state index < -0.39 is 0 Å². The van der Waals surface area contributed by atoms with E-state index in [2.05, 4.69) is 15.4 Å². The largest absolute Gasteiger partial charge is 0.381 e. The maximum absolute atomic E-state index is 6.59. The number of aromatic nitrogens is 3. The molecule has 26 heavy (non-hydrogen) atoms. The third-order valence-corrected chi connectivity index (χ3v) is 5.22. The number of nitrogens with two attached hydrogens (primary N) is 1. The second-order valence-corrected chi connectivity index (χ2v) is 7.09. The van der Waals surface area contributed by atoms with Gasteiger partial charge in [-0.3, -0.25) is 0 Å². The summed E-state index contributed by atoms with van der Waals surface area (Å²) >= 11 is 12.7. The SMILES string of the molecule is N[C@H]1CCOC[C@@H]1c1cc2c(NCc3ccccc3)nc(Cl)nn2c1Cl. The number of nitrogens with one attached hydrogen (secondary N) is 1. The molecule has 3 N–H and O–H groups in total. The van der Waals surface area contributed by atoms with Gasteiger partial charge in [-0.15, -0.1) is 5.10 Å². The minimum absolute atomic E-state index is 0.00261. The molecular weight excluding hydrogens is 373 g/mol. The predicted molar refractivity (Wildman–Crippen MR) is 103 cm³/mol. The van der Waals surface area contributed by atoms with Crippen molar-refractivity contribution in [2.24, 2.45) is 5.73 Å². The Hall–Kier alpha value is -1.86. The van der Waals surface area contributed by atoms with E-state index in [1.165, 1.54) is 0 Å². The first kappa shape index (κ1) is 17.5. The van der Waals surface area contributed by atoms with E-state index in [9.17, 15) is 0 Å². The fourth-order valence-corrected chi connectivity index (χ4v) is 3.75. The number of ether oxygens (including phenoxy) is 1. The highest BCUT2D eigenvalue weighted by molar-refractivity contribution is 6.31. The second kappa shape index (κ2) is 7.40. The van der Waals surface area contributed by atoms with Crippen molar-refractivity contribution >= 4 is 34.5 Å². The Morgan fingerprint density at radius 3 is 2.85 bits per heavy atom. The number of anilines is 1. The van der Waals surface area contributed by atoms with Crippen molar-refractivity contribution in [2.45, 2.75) is 24.9 Å². The molecule has 1 fully saturated rings. The highest BCUT2D eigenvalue weighted by Crippen LogP contribution is 2.34. The number of hydrogen-bond donors (Lipinski definition) is 2. The summed E-state index contributed by atoms with van der Waals surface area (Å²) in [4.78, 5) is 4.34. The lowest BCUT2D eigenvalue weighted by atomic mass is 9.91. The minimum Gasteiger partial charge on any atom is -0.381 e. The molecule has 0 bridgehead atoms. The molecule has 1 saturated heterocycles. The molecule has 0 unspecified atom stereocenters. The lowest BCUT2D eigenvalue weighted by Crippen LogP contribution is -2.36. The molecule has 2 atom stereocenters. The van der Waals surface area contributed by atoms with Crippen LogP contribution in [0.5, 0.6) is 0 Å². The molecule has 8 heteroatoms. The van der Waals surface area contributed by atoms with E-state index in [0.717, 1.165) is 23.1 Å². The molecule has 2 aromatic heterocycles. The van der Waals surface area contributed by atoms with E-state index in [0.29, 0.717) is 30.7 Å². The number of hydrogen-bond acceptors (Lipinski definition) is 5. The Morgan fingerprint density at radius 1 is 1.27 bits per heavy atom. The zero-order chi connectivity index (χ0) is 18.1. The summed E-state index contributed by atoms with van der Waals surface area (Å²) in [6, 6.07) is 12.0. The fraction of sp³-hybridized carbons (Fsp3) is 0.333. The minimum atomic E-state index is 0.00261. The Kier molecular flexibility index (Phi) is 5.00. The molecule has 1 aromatic carbocycles. The number of benzene rings is 1. The molecule has 136 valence electrons. The normalized spacial score (nSPS) is 20.4. The van der Waals surface area contributed by atoms with Gasteiger partial charge in [0, 0.05) is 25.1 Å². The molecule has 0 saturated carbocycles. The first-order valence-electron chi connectivity index (χ1n) is 8.49. The zero-order valence-electron chi connectivity index (χ0n) is 14.0. The second-order valence-electron chi connectivity index (χ2n) is 6.39. The van der Waals surface area contributed by atoms with Crippen LogP contribution < -0.4 is 11.1 Å². The smallest absolute Gasteiger partial charge is 0.243 e. The molecule has 0 radical (unpaired) electrons. The number of nitrogens with zero attached hydrogens (tertiary/aromatic N) is 3. The number of halogens is 2. The van der Waals surface area contributed by atoms with Gasteiger partial charge in [0.15, 0.2) is 5.82 Å². The Balaban J connectivity index is 1.70. The van der Waals surface area contributed by atoms with Crippen LogP contribution in [0.1, 0.15) is 23.5 Å². The topological polar surface area (TPSA) is 77.5 Å². The van der Waals surface area contributed by atoms with Gasteiger partial charge in [0.25, 0.3) is 0 Å². The lowest BCUT2D eigenvalue weighted by Gasteiger charge is -2.28. The molecule has 1 aliphatic rings. The summed E-state index contributed by atoms with van der Waals surface area (Å²) in [6.45, 7) is 1.85. The van der Waals surface area contributed by atoms with E-state index in [4.69, 9.17) is 33.7 Å². The molecule has 3 heterocycles. The van der Waals surface area contributed by atoms with Gasteiger partial charge in [-0.25, -0.2) is 4.52 Å². The summed E-state index contributed by atoms with van der Waals surface area (Å²) in [5.74, 6) is 0.658. The van der Waals surface area contributed by atoms with E-state index in [1.807, 2.05) is 36.4 Å². The summed E-state index contributed by atoms with van der Waals surface area (Å²) in [6.07, 6.45) is 0.804. The third-order valence-electron chi connectivity index (χ3n) is 4.69. The van der Waals surface area contributed by atoms with Crippen LogP contribution in [0.4, 0.5) is 5.82 Å². The van der Waals surface area contributed by atoms with Crippen molar-refractivity contribution in [1.82, 2.24) is 14.6 Å². The summed E-state index contributed by atoms with van der Waals surface area (Å²) in [5.41, 5.74) is 9.10. The Bertz CT molecular complexity index is 915. The van der Waals surface area contributed by atoms with Gasteiger partial charge in [0.05, 0.1) is 6.61 Å². The van der Waals surface area contributed by atoms with Crippen LogP contribution in [0, 0.1) is 0 Å². The first-order chi connectivity index (χ1) is 12.6. The summed E-state index contributed by atoms with van der Waals surface area (Å²) in [7, 11) is 0. The average Bonchev–Trinajstić information content (AvgIpc) is 2.98. The van der Waals surface area contributed by atoms with Crippen LogP contribution in [0.2, 0.25) is 10.4 Å². The lowest BCUT2D eigenvalue weighted by molar-refractivity contribution is 0.0692. The van der Waals surface area contributed by atoms with Gasteiger partial charge in [0.2, 0.25) is 5.28 Å². The van der Waals surface area contributed by atoms with Crippen LogP contribution in [0.25, 0.3) is 5.52 Å². The van der Waals surface area contributed by atoms with Crippen molar-refractivity contribution in [3.63, 3.8) is 0 Å². The maximum Gasteiger partial charge on any atom is 0.243 e. The molecule has 6 nitrogen and oxygen atoms in total. The van der Waals surface area contributed by atoms with Gasteiger partial charge in [-0.1, -0.05) is 41.9 Å². The van der Waals surface area contributed by atoms with E-state index in [-0.39, 0.29) is 17.2 Å². The van der Waals surface area contributed by atoms with Crippen LogP contribution in [0.3, 0.4) is 0 Å². The van der Waals surface area contributed by atoms with Crippen LogP contribution >= 0.6 is 23.2 Å². The summed E-state index contributed by atoms with van der Waals surface area (Å²) in [5, 5.41) is 8.20. The van der Waals surface area contributed by atoms with Gasteiger partial charge >= 0.3 is 0 Å². The highest BCUT2D eigenvalue weighted by Gasteiger charge is 2.29. The molecule has 1 aliphatic heterocycles. The Labute approximate surface area is 161 Å². The fourth-order valence-electron chi connectivity index (χ4n) is 3.26. The molecular formula is C18H19Cl2N5O. The average molecular weight is 392 g/mol. The third kappa shape index (κ3) is 3.38. The monoisotopic (exact) mass is 391 g/mol.